The zero-order valence-electron chi connectivity index (χ0n) is 53.6. The van der Waals surface area contributed by atoms with Crippen molar-refractivity contribution in [1.82, 2.24) is 21.3 Å². The smallest absolute Gasteiger partial charge is 0.250 e. The van der Waals surface area contributed by atoms with E-state index in [4.69, 9.17) is 62.6 Å². The van der Waals surface area contributed by atoms with Gasteiger partial charge in [0.2, 0.25) is 23.6 Å². The number of rotatable bonds is 30. The Labute approximate surface area is 562 Å². The predicted octanol–water partition coefficient (Wildman–Crippen LogP) is -14.8. The molecule has 0 radical (unpaired) electrons. The van der Waals surface area contributed by atoms with Gasteiger partial charge in [-0.15, -0.1) is 0 Å². The van der Waals surface area contributed by atoms with E-state index in [1.807, 2.05) is 0 Å². The maximum Gasteiger partial charge on any atom is 0.250 e. The van der Waals surface area contributed by atoms with Crippen LogP contribution in [0.4, 0.5) is 5.69 Å². The third kappa shape index (κ3) is 19.3. The minimum Gasteiger partial charge on any atom is -0.394 e. The van der Waals surface area contributed by atoms with Crippen LogP contribution >= 0.6 is 0 Å². The Bertz CT molecular complexity index is 2760. The van der Waals surface area contributed by atoms with Crippen LogP contribution in [0.3, 0.4) is 0 Å². The third-order valence-electron chi connectivity index (χ3n) is 17.3. The van der Waals surface area contributed by atoms with Crippen molar-refractivity contribution in [2.75, 3.05) is 58.1 Å². The highest BCUT2D eigenvalue weighted by Gasteiger charge is 2.59. The summed E-state index contributed by atoms with van der Waals surface area (Å²) in [6.07, 6.45) is -61.9. The molecule has 6 aliphatic heterocycles. The minimum absolute atomic E-state index is 0.0108. The van der Waals surface area contributed by atoms with Crippen molar-refractivity contribution in [1.29, 1.82) is 0 Å². The van der Waals surface area contributed by atoms with Gasteiger partial charge >= 0.3 is 0 Å². The molecule has 0 spiro atoms. The number of nitrogens with two attached hydrogens (primary N) is 1. The van der Waals surface area contributed by atoms with E-state index >= 15 is 0 Å². The second-order valence-electron chi connectivity index (χ2n) is 24.4. The van der Waals surface area contributed by atoms with E-state index in [0.717, 1.165) is 27.7 Å². The third-order valence-corrected chi connectivity index (χ3v) is 17.3. The largest absolute Gasteiger partial charge is 0.394 e. The summed E-state index contributed by atoms with van der Waals surface area (Å²) in [7, 11) is 0. The van der Waals surface area contributed by atoms with Gasteiger partial charge in [0.05, 0.1) is 57.9 Å². The van der Waals surface area contributed by atoms with E-state index in [-0.39, 0.29) is 11.3 Å². The Morgan fingerprint density at radius 1 is 0.455 bits per heavy atom. The van der Waals surface area contributed by atoms with Gasteiger partial charge in [0.1, 0.15) is 165 Å². The number of amides is 5. The number of primary amides is 1. The molecule has 99 heavy (non-hydrogen) atoms. The highest BCUT2D eigenvalue weighted by molar-refractivity contribution is 5.98. The molecule has 1 aromatic rings. The molecule has 34 atom stereocenters. The summed E-state index contributed by atoms with van der Waals surface area (Å²) < 4.78 is 71.6. The molecule has 6 heterocycles. The van der Waals surface area contributed by atoms with Crippen molar-refractivity contribution in [2.24, 2.45) is 5.73 Å². The highest BCUT2D eigenvalue weighted by atomic mass is 16.8. The predicted molar refractivity (Wildman–Crippen MR) is 317 cm³/mol. The Morgan fingerprint density at radius 3 is 1.33 bits per heavy atom. The molecule has 26 N–H and O–H groups in total. The average molecular weight is 1440 g/mol. The average Bonchev–Trinajstić information content (AvgIpc) is 0.816. The lowest BCUT2D eigenvalue weighted by molar-refractivity contribution is -0.395. The van der Waals surface area contributed by atoms with E-state index in [1.54, 1.807) is 0 Å². The van der Waals surface area contributed by atoms with Crippen molar-refractivity contribution in [2.45, 2.75) is 236 Å². The molecule has 566 valence electrons. The molecule has 6 aliphatic rings. The van der Waals surface area contributed by atoms with E-state index in [9.17, 15) is 121 Å². The normalized spacial score (nSPS) is 40.9. The van der Waals surface area contributed by atoms with Gasteiger partial charge in [0, 0.05) is 39.9 Å². The van der Waals surface area contributed by atoms with Crippen molar-refractivity contribution in [3.63, 3.8) is 0 Å². The fraction of sp³-hybridized carbons (Fsp3) is 0.807. The molecule has 42 heteroatoms. The van der Waals surface area contributed by atoms with E-state index < -0.39 is 291 Å². The van der Waals surface area contributed by atoms with E-state index in [0.29, 0.717) is 0 Å². The fourth-order valence-corrected chi connectivity index (χ4v) is 12.2. The van der Waals surface area contributed by atoms with Crippen LogP contribution in [-0.2, 0) is 76.0 Å². The number of carbonyl (C=O) groups is 5. The lowest BCUT2D eigenvalue weighted by Crippen LogP contribution is -2.70. The van der Waals surface area contributed by atoms with E-state index in [1.165, 1.54) is 24.3 Å². The first-order chi connectivity index (χ1) is 46.8. The molecule has 0 aliphatic carbocycles. The van der Waals surface area contributed by atoms with Gasteiger partial charge in [-0.3, -0.25) is 24.0 Å². The fourth-order valence-electron chi connectivity index (χ4n) is 12.2. The van der Waals surface area contributed by atoms with Gasteiger partial charge in [-0.1, -0.05) is 12.1 Å². The van der Waals surface area contributed by atoms with Crippen LogP contribution in [0.1, 0.15) is 38.1 Å². The first kappa shape index (κ1) is 81.4. The monoisotopic (exact) mass is 1440 g/mol. The van der Waals surface area contributed by atoms with Gasteiger partial charge < -0.3 is 186 Å². The van der Waals surface area contributed by atoms with Crippen LogP contribution in [0, 0.1) is 0 Å². The topological polar surface area (TPSA) is 667 Å². The molecule has 0 aromatic heterocycles. The Balaban J connectivity index is 1.25. The number of hydrogen-bond acceptors (Lipinski definition) is 37. The standard InChI is InChI=1S/C57H92N6O36/c1-17(70)60-23(9-59-22-8-6-5-7-21(22)51(58)87)34(75)46(24(74)10-64)95-54-33(63-20(4)73)42(83)47(29(15-69)93-54)96-55-45(86)48(97-57-50(44(85)38(79)28(14-68)92-57)99-53-32(62-19(3)72)41(82)36(77)26(12-66)90-53)39(80)30(94-55)16-88-56-49(43(84)37(78)27(13-67)91-56)98-52-31(61-18(2)71)40(81)35(76)25(11-65)89-52/h5-8,23-50,52-57,59,64-69,74-86H,9-16H2,1-4H3,(H2,58,87)(H,60,70)(H,61,71)(H,62,72)(H,63,73). The lowest BCUT2D eigenvalue weighted by Gasteiger charge is -2.50. The summed E-state index contributed by atoms with van der Waals surface area (Å²) in [5.41, 5.74) is 5.65. The Kier molecular flexibility index (Phi) is 30.0. The number of para-hydroxylation sites is 1. The zero-order valence-corrected chi connectivity index (χ0v) is 53.6. The molecule has 1 aromatic carbocycles. The molecule has 0 saturated carbocycles. The SMILES string of the molecule is CC(=O)NC(CNc1ccccc1C(N)=O)C(O)C(OC1OC(CO)C(OC2OC(COC3OC(CO)C(O)C(O)C3OC3OC(CO)C(O)C(O)C3NC(C)=O)C(O)C(OC3OC(CO)C(O)C(O)C3OC3OC(CO)C(O)C(O)C3NC(C)=O)C2O)C(O)C1NC(C)=O)C(O)CO. The number of aliphatic hydroxyl groups excluding tert-OH is 19. The minimum atomic E-state index is -2.49. The van der Waals surface area contributed by atoms with E-state index in [2.05, 4.69) is 26.6 Å². The number of nitrogens with one attached hydrogen (secondary N) is 5. The molecule has 6 saturated heterocycles. The zero-order chi connectivity index (χ0) is 73.2. The van der Waals surface area contributed by atoms with Crippen LogP contribution in [0.2, 0.25) is 0 Å². The summed E-state index contributed by atoms with van der Waals surface area (Å²) in [5, 5.41) is 224. The molecule has 34 unspecified atom stereocenters. The number of anilines is 1. The summed E-state index contributed by atoms with van der Waals surface area (Å²) in [4.78, 5) is 62.6. The molecular formula is C57H92N6O36. The van der Waals surface area contributed by atoms with Crippen LogP contribution in [0.15, 0.2) is 24.3 Å². The molecule has 6 fully saturated rings. The van der Waals surface area contributed by atoms with Crippen molar-refractivity contribution in [3.8, 4) is 0 Å². The van der Waals surface area contributed by atoms with Crippen LogP contribution in [0.5, 0.6) is 0 Å². The Morgan fingerprint density at radius 2 is 0.869 bits per heavy atom. The first-order valence-corrected chi connectivity index (χ1v) is 31.4. The van der Waals surface area contributed by atoms with Crippen molar-refractivity contribution in [3.05, 3.63) is 29.8 Å². The summed E-state index contributed by atoms with van der Waals surface area (Å²) >= 11 is 0. The van der Waals surface area contributed by atoms with Gasteiger partial charge in [-0.2, -0.15) is 0 Å². The summed E-state index contributed by atoms with van der Waals surface area (Å²) in [6.45, 7) is -3.99. The molecule has 7 rings (SSSR count). The van der Waals surface area contributed by atoms with Crippen molar-refractivity contribution >= 4 is 35.2 Å². The maximum atomic E-state index is 13.0. The quantitative estimate of drug-likeness (QED) is 0.0340. The molecule has 0 bridgehead atoms. The number of hydrogen-bond donors (Lipinski definition) is 25. The maximum absolute atomic E-state index is 13.0. The van der Waals surface area contributed by atoms with Gasteiger partial charge in [0.15, 0.2) is 37.7 Å². The van der Waals surface area contributed by atoms with Crippen molar-refractivity contribution < 1.29 is 178 Å². The number of ether oxygens (including phenoxy) is 12. The summed E-state index contributed by atoms with van der Waals surface area (Å²) in [6, 6.07) is -1.04. The van der Waals surface area contributed by atoms with Gasteiger partial charge in [-0.05, 0) is 12.1 Å². The number of carbonyl (C=O) groups excluding carboxylic acids is 5. The van der Waals surface area contributed by atoms with Crippen LogP contribution < -0.4 is 32.3 Å². The second-order valence-corrected chi connectivity index (χ2v) is 24.4. The van der Waals surface area contributed by atoms with Crippen LogP contribution in [0.25, 0.3) is 0 Å². The highest BCUT2D eigenvalue weighted by Crippen LogP contribution is 2.38. The van der Waals surface area contributed by atoms with Gasteiger partial charge in [-0.25, -0.2) is 0 Å². The first-order valence-electron chi connectivity index (χ1n) is 31.4. The van der Waals surface area contributed by atoms with Crippen LogP contribution in [-0.4, -0.2) is 388 Å². The molecule has 5 amide bonds. The summed E-state index contributed by atoms with van der Waals surface area (Å²) in [5.74, 6) is -4.22. The molecular weight excluding hydrogens is 1340 g/mol. The number of benzene rings is 1. The molecule has 42 nitrogen and oxygen atoms in total. The Hall–Kier alpha value is -4.87. The number of aliphatic hydroxyl groups is 19. The van der Waals surface area contributed by atoms with Gasteiger partial charge in [0.25, 0.3) is 5.91 Å². The lowest BCUT2D eigenvalue weighted by atomic mass is 9.94. The second kappa shape index (κ2) is 36.5.